The quantitative estimate of drug-likeness (QED) is 0.684. The fourth-order valence-electron chi connectivity index (χ4n) is 1.93. The molecule has 0 N–H and O–H groups in total. The van der Waals surface area contributed by atoms with E-state index in [1.807, 2.05) is 48.7 Å². The lowest BCUT2D eigenvalue weighted by Gasteiger charge is -2.05. The highest BCUT2D eigenvalue weighted by Gasteiger charge is 2.02. The molecule has 0 radical (unpaired) electrons. The largest absolute Gasteiger partial charge is 0.265 e. The second-order valence-corrected chi connectivity index (χ2v) is 4.61. The average Bonchev–Trinajstić information content (AvgIpc) is 2.49. The van der Waals surface area contributed by atoms with Crippen LogP contribution >= 0.6 is 11.6 Å². The molecule has 0 bridgehead atoms. The van der Waals surface area contributed by atoms with Crippen LogP contribution in [0.25, 0.3) is 22.4 Å². The lowest BCUT2D eigenvalue weighted by molar-refractivity contribution is 1.31. The molecule has 0 aliphatic carbocycles. The standard InChI is InChI=1S/C16H11ClN2/c17-15-3-1-13(2-4-15)16-11-14(7-10-19-16)12-5-8-18-9-6-12/h1-11H. The summed E-state index contributed by atoms with van der Waals surface area (Å²) in [6, 6.07) is 15.7. The molecule has 3 rings (SSSR count). The fourth-order valence-corrected chi connectivity index (χ4v) is 2.06. The SMILES string of the molecule is Clc1ccc(-c2cc(-c3ccncc3)ccn2)cc1. The van der Waals surface area contributed by atoms with Crippen molar-refractivity contribution < 1.29 is 0 Å². The van der Waals surface area contributed by atoms with Crippen LogP contribution in [0.5, 0.6) is 0 Å². The number of aromatic nitrogens is 2. The lowest BCUT2D eigenvalue weighted by atomic mass is 10.0. The van der Waals surface area contributed by atoms with Gasteiger partial charge in [-0.05, 0) is 47.5 Å². The summed E-state index contributed by atoms with van der Waals surface area (Å²) < 4.78 is 0. The molecule has 3 aromatic rings. The Hall–Kier alpha value is -2.19. The maximum Gasteiger partial charge on any atom is 0.0708 e. The van der Waals surface area contributed by atoms with E-state index in [4.69, 9.17) is 11.6 Å². The maximum absolute atomic E-state index is 5.90. The summed E-state index contributed by atoms with van der Waals surface area (Å²) in [5.41, 5.74) is 4.25. The van der Waals surface area contributed by atoms with E-state index in [2.05, 4.69) is 16.0 Å². The molecule has 0 unspecified atom stereocenters. The van der Waals surface area contributed by atoms with Crippen molar-refractivity contribution in [2.75, 3.05) is 0 Å². The molecule has 1 aromatic carbocycles. The van der Waals surface area contributed by atoms with Gasteiger partial charge in [-0.25, -0.2) is 0 Å². The van der Waals surface area contributed by atoms with Crippen molar-refractivity contribution >= 4 is 11.6 Å². The van der Waals surface area contributed by atoms with Gasteiger partial charge in [0.1, 0.15) is 0 Å². The molecule has 0 aliphatic rings. The molecule has 0 fully saturated rings. The molecule has 0 atom stereocenters. The van der Waals surface area contributed by atoms with Gasteiger partial charge in [-0.1, -0.05) is 23.7 Å². The van der Waals surface area contributed by atoms with E-state index in [1.165, 1.54) is 0 Å². The Morgan fingerprint density at radius 1 is 0.684 bits per heavy atom. The topological polar surface area (TPSA) is 25.8 Å². The second kappa shape index (κ2) is 5.21. The van der Waals surface area contributed by atoms with Gasteiger partial charge in [0, 0.05) is 29.2 Å². The van der Waals surface area contributed by atoms with Crippen molar-refractivity contribution in [1.29, 1.82) is 0 Å². The molecule has 0 amide bonds. The number of halogens is 1. The van der Waals surface area contributed by atoms with Gasteiger partial charge in [0.25, 0.3) is 0 Å². The zero-order chi connectivity index (χ0) is 13.1. The van der Waals surface area contributed by atoms with Crippen LogP contribution in [0.3, 0.4) is 0 Å². The van der Waals surface area contributed by atoms with Crippen LogP contribution in [0.15, 0.2) is 67.1 Å². The first-order valence-corrected chi connectivity index (χ1v) is 6.33. The second-order valence-electron chi connectivity index (χ2n) is 4.17. The number of hydrogen-bond acceptors (Lipinski definition) is 2. The van der Waals surface area contributed by atoms with E-state index in [0.29, 0.717) is 0 Å². The van der Waals surface area contributed by atoms with Gasteiger partial charge in [-0.15, -0.1) is 0 Å². The minimum absolute atomic E-state index is 0.731. The van der Waals surface area contributed by atoms with E-state index in [1.54, 1.807) is 12.4 Å². The minimum Gasteiger partial charge on any atom is -0.265 e. The Balaban J connectivity index is 2.03. The molecular formula is C16H11ClN2. The van der Waals surface area contributed by atoms with Crippen LogP contribution in [0.4, 0.5) is 0 Å². The number of nitrogens with zero attached hydrogens (tertiary/aromatic N) is 2. The molecule has 0 aliphatic heterocycles. The highest BCUT2D eigenvalue weighted by Crippen LogP contribution is 2.24. The van der Waals surface area contributed by atoms with Crippen molar-refractivity contribution in [3.63, 3.8) is 0 Å². The van der Waals surface area contributed by atoms with Gasteiger partial charge in [-0.3, -0.25) is 9.97 Å². The Morgan fingerprint density at radius 2 is 1.37 bits per heavy atom. The van der Waals surface area contributed by atoms with Crippen molar-refractivity contribution in [2.45, 2.75) is 0 Å². The van der Waals surface area contributed by atoms with Crippen molar-refractivity contribution in [3.05, 3.63) is 72.1 Å². The summed E-state index contributed by atoms with van der Waals surface area (Å²) in [5.74, 6) is 0. The van der Waals surface area contributed by atoms with Crippen LogP contribution in [-0.2, 0) is 0 Å². The Bertz CT molecular complexity index is 679. The Labute approximate surface area is 116 Å². The van der Waals surface area contributed by atoms with Crippen LogP contribution in [0, 0.1) is 0 Å². The molecule has 0 spiro atoms. The van der Waals surface area contributed by atoms with Crippen LogP contribution < -0.4 is 0 Å². The number of pyridine rings is 2. The molecule has 0 saturated carbocycles. The van der Waals surface area contributed by atoms with Gasteiger partial charge in [0.15, 0.2) is 0 Å². The van der Waals surface area contributed by atoms with Crippen LogP contribution in [0.1, 0.15) is 0 Å². The average molecular weight is 267 g/mol. The highest BCUT2D eigenvalue weighted by atomic mass is 35.5. The van der Waals surface area contributed by atoms with E-state index < -0.39 is 0 Å². The maximum atomic E-state index is 5.90. The fraction of sp³-hybridized carbons (Fsp3) is 0. The molecular weight excluding hydrogens is 256 g/mol. The third-order valence-corrected chi connectivity index (χ3v) is 3.17. The van der Waals surface area contributed by atoms with Crippen LogP contribution in [-0.4, -0.2) is 9.97 Å². The van der Waals surface area contributed by atoms with Gasteiger partial charge in [0.2, 0.25) is 0 Å². The van der Waals surface area contributed by atoms with E-state index >= 15 is 0 Å². The predicted molar refractivity (Wildman–Crippen MR) is 77.9 cm³/mol. The van der Waals surface area contributed by atoms with Gasteiger partial charge in [-0.2, -0.15) is 0 Å². The molecule has 2 heterocycles. The minimum atomic E-state index is 0.731. The van der Waals surface area contributed by atoms with Crippen LogP contribution in [0.2, 0.25) is 5.02 Å². The van der Waals surface area contributed by atoms with Gasteiger partial charge in [0.05, 0.1) is 5.69 Å². The summed E-state index contributed by atoms with van der Waals surface area (Å²) >= 11 is 5.90. The smallest absolute Gasteiger partial charge is 0.0708 e. The lowest BCUT2D eigenvalue weighted by Crippen LogP contribution is -1.85. The predicted octanol–water partition coefficient (Wildman–Crippen LogP) is 4.46. The van der Waals surface area contributed by atoms with Gasteiger partial charge < -0.3 is 0 Å². The Morgan fingerprint density at radius 3 is 2.11 bits per heavy atom. The van der Waals surface area contributed by atoms with Crippen molar-refractivity contribution in [3.8, 4) is 22.4 Å². The number of hydrogen-bond donors (Lipinski definition) is 0. The number of rotatable bonds is 2. The normalized spacial score (nSPS) is 10.4. The van der Waals surface area contributed by atoms with Crippen molar-refractivity contribution in [1.82, 2.24) is 9.97 Å². The monoisotopic (exact) mass is 266 g/mol. The highest BCUT2D eigenvalue weighted by molar-refractivity contribution is 6.30. The van der Waals surface area contributed by atoms with Crippen molar-refractivity contribution in [2.24, 2.45) is 0 Å². The van der Waals surface area contributed by atoms with E-state index in [0.717, 1.165) is 27.4 Å². The third kappa shape index (κ3) is 2.64. The molecule has 2 nitrogen and oxygen atoms in total. The molecule has 19 heavy (non-hydrogen) atoms. The van der Waals surface area contributed by atoms with E-state index in [9.17, 15) is 0 Å². The molecule has 0 saturated heterocycles. The first-order chi connectivity index (χ1) is 9.33. The summed E-state index contributed by atoms with van der Waals surface area (Å²) in [5, 5.41) is 0.731. The third-order valence-electron chi connectivity index (χ3n) is 2.91. The number of benzene rings is 1. The zero-order valence-electron chi connectivity index (χ0n) is 10.1. The molecule has 3 heteroatoms. The molecule has 2 aromatic heterocycles. The summed E-state index contributed by atoms with van der Waals surface area (Å²) in [6.45, 7) is 0. The summed E-state index contributed by atoms with van der Waals surface area (Å²) in [6.07, 6.45) is 5.40. The van der Waals surface area contributed by atoms with Gasteiger partial charge >= 0.3 is 0 Å². The first-order valence-electron chi connectivity index (χ1n) is 5.95. The van der Waals surface area contributed by atoms with E-state index in [-0.39, 0.29) is 0 Å². The zero-order valence-corrected chi connectivity index (χ0v) is 10.9. The Kier molecular flexibility index (Phi) is 3.25. The summed E-state index contributed by atoms with van der Waals surface area (Å²) in [7, 11) is 0. The first kappa shape index (κ1) is 11.9. The molecule has 92 valence electrons. The summed E-state index contributed by atoms with van der Waals surface area (Å²) in [4.78, 5) is 8.44.